The van der Waals surface area contributed by atoms with Gasteiger partial charge in [-0.05, 0) is 6.42 Å². The maximum Gasteiger partial charge on any atom is 0.00787 e. The number of hydrogen-bond donors (Lipinski definition) is 0. The highest BCUT2D eigenvalue weighted by Crippen LogP contribution is 2.00. The molecule has 1 heteroatoms. The van der Waals surface area contributed by atoms with Gasteiger partial charge in [0, 0.05) is 3.92 Å². The van der Waals surface area contributed by atoms with Gasteiger partial charge in [0.25, 0.3) is 0 Å². The normalized spacial score (nSPS) is 15.0. The van der Waals surface area contributed by atoms with Crippen LogP contribution in [-0.4, -0.2) is 3.92 Å². The number of rotatable bonds is 1. The monoisotopic (exact) mass is 184 g/mol. The Bertz CT molecular complexity index is 17.6. The van der Waals surface area contributed by atoms with Crippen molar-refractivity contribution in [1.29, 1.82) is 0 Å². The molecule has 0 bridgehead atoms. The van der Waals surface area contributed by atoms with Crippen molar-refractivity contribution in [3.63, 3.8) is 0 Å². The van der Waals surface area contributed by atoms with E-state index >= 15 is 0 Å². The maximum atomic E-state index is 2.41. The van der Waals surface area contributed by atoms with Crippen molar-refractivity contribution in [1.82, 2.24) is 0 Å². The van der Waals surface area contributed by atoms with Crippen molar-refractivity contribution in [2.24, 2.45) is 0 Å². The number of halogens is 1. The summed E-state index contributed by atoms with van der Waals surface area (Å²) in [5.74, 6) is 0. The molecule has 0 aliphatic heterocycles. The molecule has 0 aromatic heterocycles. The van der Waals surface area contributed by atoms with Gasteiger partial charge in [-0.2, -0.15) is 0 Å². The molecule has 0 saturated heterocycles. The Labute approximate surface area is 47.1 Å². The molecule has 0 aromatic carbocycles. The molecule has 0 amide bonds. The minimum Gasteiger partial charge on any atom is -0.0829 e. The van der Waals surface area contributed by atoms with Crippen LogP contribution in [0.25, 0.3) is 0 Å². The van der Waals surface area contributed by atoms with E-state index in [1.54, 1.807) is 0 Å². The molecule has 0 N–H and O–H groups in total. The quantitative estimate of drug-likeness (QED) is 0.433. The maximum absolute atomic E-state index is 2.41. The molecule has 5 heavy (non-hydrogen) atoms. The zero-order chi connectivity index (χ0) is 4.28. The Morgan fingerprint density at radius 2 is 2.00 bits per heavy atom. The van der Waals surface area contributed by atoms with E-state index in [9.17, 15) is 0 Å². The number of hydrogen-bond acceptors (Lipinski definition) is 0. The summed E-state index contributed by atoms with van der Waals surface area (Å²) in [6, 6.07) is 0. The van der Waals surface area contributed by atoms with Crippen molar-refractivity contribution in [2.45, 2.75) is 24.2 Å². The molecule has 0 aromatic rings. The third-order valence-corrected chi connectivity index (χ3v) is 1.44. The van der Waals surface area contributed by atoms with Crippen molar-refractivity contribution in [3.05, 3.63) is 0 Å². The van der Waals surface area contributed by atoms with Gasteiger partial charge >= 0.3 is 0 Å². The van der Waals surface area contributed by atoms with Crippen LogP contribution < -0.4 is 0 Å². The summed E-state index contributed by atoms with van der Waals surface area (Å²) in [5, 5.41) is 0. The topological polar surface area (TPSA) is 0 Å². The standard InChI is InChI=1S/C4H9I/c1-3-4(2)5/h4H,3H2,1-2H3. The van der Waals surface area contributed by atoms with E-state index in [0.717, 1.165) is 3.92 Å². The Balaban J connectivity index is 2.54. The van der Waals surface area contributed by atoms with Gasteiger partial charge in [0.05, 0.1) is 0 Å². The van der Waals surface area contributed by atoms with Gasteiger partial charge in [0.15, 0.2) is 0 Å². The van der Waals surface area contributed by atoms with Crippen LogP contribution in [0.5, 0.6) is 0 Å². The second kappa shape index (κ2) is 2.94. The summed E-state index contributed by atoms with van der Waals surface area (Å²) in [5.41, 5.74) is 0. The Hall–Kier alpha value is 0.730. The van der Waals surface area contributed by atoms with E-state index in [0.29, 0.717) is 0 Å². The highest BCUT2D eigenvalue weighted by molar-refractivity contribution is 14.1. The van der Waals surface area contributed by atoms with E-state index in [2.05, 4.69) is 36.4 Å². The molecule has 0 radical (unpaired) electrons. The largest absolute Gasteiger partial charge is 0.0829 e. The fraction of sp³-hybridized carbons (Fsp3) is 1.00. The fourth-order valence-electron chi connectivity index (χ4n) is 0. The van der Waals surface area contributed by atoms with Crippen molar-refractivity contribution >= 4 is 22.6 Å². The van der Waals surface area contributed by atoms with E-state index in [4.69, 9.17) is 0 Å². The van der Waals surface area contributed by atoms with E-state index in [-0.39, 0.29) is 0 Å². The van der Waals surface area contributed by atoms with Gasteiger partial charge in [-0.3, -0.25) is 0 Å². The first-order valence-electron chi connectivity index (χ1n) is 1.91. The zero-order valence-electron chi connectivity index (χ0n) is 3.66. The summed E-state index contributed by atoms with van der Waals surface area (Å²) in [6.45, 7) is 4.40. The van der Waals surface area contributed by atoms with Gasteiger partial charge < -0.3 is 0 Å². The lowest BCUT2D eigenvalue weighted by Gasteiger charge is -1.88. The summed E-state index contributed by atoms with van der Waals surface area (Å²) < 4.78 is 0.854. The second-order valence-corrected chi connectivity index (χ2v) is 3.32. The van der Waals surface area contributed by atoms with E-state index in [1.165, 1.54) is 6.42 Å². The van der Waals surface area contributed by atoms with E-state index < -0.39 is 0 Å². The van der Waals surface area contributed by atoms with Crippen LogP contribution in [0, 0.1) is 0 Å². The molecule has 0 fully saturated rings. The lowest BCUT2D eigenvalue weighted by molar-refractivity contribution is 0.938. The van der Waals surface area contributed by atoms with Crippen LogP contribution in [-0.2, 0) is 0 Å². The minimum atomic E-state index is 0.854. The van der Waals surface area contributed by atoms with Gasteiger partial charge in [0.2, 0.25) is 0 Å². The summed E-state index contributed by atoms with van der Waals surface area (Å²) in [7, 11) is 0. The Morgan fingerprint density at radius 1 is 1.80 bits per heavy atom. The highest BCUT2D eigenvalue weighted by Gasteiger charge is 1.82. The van der Waals surface area contributed by atoms with Gasteiger partial charge in [-0.25, -0.2) is 0 Å². The highest BCUT2D eigenvalue weighted by atomic mass is 127. The van der Waals surface area contributed by atoms with Crippen molar-refractivity contribution in [3.8, 4) is 0 Å². The first-order chi connectivity index (χ1) is 2.27. The Kier molecular flexibility index (Phi) is 3.37. The van der Waals surface area contributed by atoms with E-state index in [1.807, 2.05) is 0 Å². The predicted molar refractivity (Wildman–Crippen MR) is 33.8 cm³/mol. The molecule has 32 valence electrons. The van der Waals surface area contributed by atoms with Gasteiger partial charge in [-0.15, -0.1) is 0 Å². The Morgan fingerprint density at radius 3 is 2.00 bits per heavy atom. The molecule has 0 rings (SSSR count). The fourth-order valence-corrected chi connectivity index (χ4v) is 0. The predicted octanol–water partition coefficient (Wildman–Crippen LogP) is 2.22. The average molecular weight is 184 g/mol. The average Bonchev–Trinajstić information content (AvgIpc) is 1.38. The third kappa shape index (κ3) is 4.73. The summed E-state index contributed by atoms with van der Waals surface area (Å²) >= 11 is 2.41. The molecule has 0 spiro atoms. The molecule has 0 nitrogen and oxygen atoms in total. The van der Waals surface area contributed by atoms with Crippen LogP contribution in [0.2, 0.25) is 0 Å². The molecule has 0 saturated carbocycles. The SMILES string of the molecule is CCC(C)I. The lowest BCUT2D eigenvalue weighted by Crippen LogP contribution is -1.79. The smallest absolute Gasteiger partial charge is 0.00787 e. The number of alkyl halides is 1. The lowest BCUT2D eigenvalue weighted by atomic mass is 10.4. The molecule has 1 unspecified atom stereocenters. The zero-order valence-corrected chi connectivity index (χ0v) is 5.82. The molecule has 0 aliphatic carbocycles. The van der Waals surface area contributed by atoms with Crippen LogP contribution in [0.3, 0.4) is 0 Å². The molecule has 1 atom stereocenters. The first-order valence-corrected chi connectivity index (χ1v) is 3.16. The molecular weight excluding hydrogens is 175 g/mol. The van der Waals surface area contributed by atoms with Crippen LogP contribution in [0.4, 0.5) is 0 Å². The second-order valence-electron chi connectivity index (χ2n) is 1.19. The van der Waals surface area contributed by atoms with Crippen LogP contribution in [0.15, 0.2) is 0 Å². The van der Waals surface area contributed by atoms with Gasteiger partial charge in [-0.1, -0.05) is 36.4 Å². The summed E-state index contributed by atoms with van der Waals surface area (Å²) in [4.78, 5) is 0. The minimum absolute atomic E-state index is 0.854. The third-order valence-electron chi connectivity index (χ3n) is 0.563. The molecular formula is C4H9I. The van der Waals surface area contributed by atoms with Crippen molar-refractivity contribution in [2.75, 3.05) is 0 Å². The molecule has 0 heterocycles. The summed E-state index contributed by atoms with van der Waals surface area (Å²) in [6.07, 6.45) is 1.29. The molecule has 0 aliphatic rings. The first kappa shape index (κ1) is 5.73. The van der Waals surface area contributed by atoms with Gasteiger partial charge in [0.1, 0.15) is 0 Å². The van der Waals surface area contributed by atoms with Crippen LogP contribution >= 0.6 is 22.6 Å². The van der Waals surface area contributed by atoms with Crippen molar-refractivity contribution < 1.29 is 0 Å². The van der Waals surface area contributed by atoms with Crippen LogP contribution in [0.1, 0.15) is 20.3 Å².